The highest BCUT2D eigenvalue weighted by Crippen LogP contribution is 2.61. The van der Waals surface area contributed by atoms with Crippen LogP contribution in [-0.2, 0) is 25.7 Å². The number of hydrogen-bond donors (Lipinski definition) is 9. The average molecular weight is 1650 g/mol. The van der Waals surface area contributed by atoms with Crippen molar-refractivity contribution in [3.05, 3.63) is 173 Å². The molecule has 0 radical (unpaired) electrons. The van der Waals surface area contributed by atoms with E-state index in [0.29, 0.717) is 105 Å². The summed E-state index contributed by atoms with van der Waals surface area (Å²) in [7, 11) is 0. The minimum Gasteiger partial charge on any atom is -0.507 e. The number of carbonyl (C=O) groups is 4. The summed E-state index contributed by atoms with van der Waals surface area (Å²) < 4.78 is 31.3. The lowest BCUT2D eigenvalue weighted by Gasteiger charge is -2.47. The molecule has 18 nitrogen and oxygen atoms in total. The maximum absolute atomic E-state index is 12.1. The standard InChI is InChI=1S/2C22H30O4.C21H28O4.C20H26O4.C17H22O2/c1-5-6-7-8-14-12-17-19(20(23)18(14)21(24)25)15-11-13(2)9-10-16(15)22(3,4)26-17;1-5-6-7-8-14-12-17(23)19-15-11-13(2)9-10-16(15)22(3,4)26-20(19)18(14)21(24)25;1-5-6-7-13-11-16-18(19(22)17(13)20(23)24)14-10-12(2)8-9-15(14)21(3,4)25-16;1-5-6-12-10-15-17(18(21)16(12)19(22)23)13-9-11(2)7-8-14(13)20(3,4)24-15;1-10-5-6-13-12(7-10)16-14(18)8-11(2)9-15(16)19-17(13,3)4/h2*11-12,15-16,23H,5-10H2,1-4H3,(H,24,25);10-11,14-15,22H,5-9H2,1-4H3,(H,23,24);9-10,13-14,21H,5-8H2,1-4H3,(H,22,23);7-9,12-13,18H,5-6H2,1-4H3/t2*15-,16-;14-,15-;13-,14-;12-,13-/m11111/s1. The molecule has 0 amide bonds. The third-order valence-corrected chi connectivity index (χ3v) is 27.8. The Bertz CT molecular complexity index is 4860. The molecule has 5 aromatic carbocycles. The molecule has 9 N–H and O–H groups in total. The van der Waals surface area contributed by atoms with Crippen molar-refractivity contribution in [1.82, 2.24) is 0 Å². The van der Waals surface area contributed by atoms with Gasteiger partial charge in [0.05, 0.1) is 0 Å². The van der Waals surface area contributed by atoms with Crippen molar-refractivity contribution in [3.8, 4) is 57.5 Å². The zero-order valence-electron chi connectivity index (χ0n) is 75.1. The van der Waals surface area contributed by atoms with Gasteiger partial charge in [-0.25, -0.2) is 19.2 Å². The Morgan fingerprint density at radius 1 is 0.317 bits per heavy atom. The van der Waals surface area contributed by atoms with E-state index < -0.39 is 29.5 Å². The number of rotatable bonds is 17. The van der Waals surface area contributed by atoms with Crippen LogP contribution in [0.4, 0.5) is 0 Å². The first-order valence-corrected chi connectivity index (χ1v) is 44.5. The van der Waals surface area contributed by atoms with Crippen LogP contribution in [0, 0.1) is 36.5 Å². The first-order chi connectivity index (χ1) is 56.4. The van der Waals surface area contributed by atoms with Crippen LogP contribution in [0.25, 0.3) is 0 Å². The summed E-state index contributed by atoms with van der Waals surface area (Å²) in [5.41, 5.74) is 12.6. The van der Waals surface area contributed by atoms with Crippen molar-refractivity contribution in [2.75, 3.05) is 0 Å². The van der Waals surface area contributed by atoms with Crippen LogP contribution in [0.15, 0.2) is 94.6 Å². The predicted octanol–water partition coefficient (Wildman–Crippen LogP) is 24.9. The van der Waals surface area contributed by atoms with Gasteiger partial charge in [0.25, 0.3) is 0 Å². The van der Waals surface area contributed by atoms with Crippen LogP contribution in [0.2, 0.25) is 0 Å². The van der Waals surface area contributed by atoms with Gasteiger partial charge in [0.2, 0.25) is 0 Å². The number of ether oxygens (including phenoxy) is 5. The maximum atomic E-state index is 12.1. The number of hydrogen-bond acceptors (Lipinski definition) is 14. The second kappa shape index (κ2) is 36.4. The monoisotopic (exact) mass is 1650 g/mol. The summed E-state index contributed by atoms with van der Waals surface area (Å²) in [4.78, 5) is 47.6. The molecule has 15 rings (SSSR count). The van der Waals surface area contributed by atoms with Crippen molar-refractivity contribution in [2.45, 2.75) is 344 Å². The highest BCUT2D eigenvalue weighted by Gasteiger charge is 2.52. The Kier molecular flexibility index (Phi) is 27.7. The smallest absolute Gasteiger partial charge is 0.339 e. The number of unbranched alkanes of at least 4 members (excludes halogenated alkanes) is 5. The number of aromatic hydroxyl groups is 5. The van der Waals surface area contributed by atoms with E-state index in [-0.39, 0.29) is 121 Å². The minimum absolute atomic E-state index is 0.00490. The van der Waals surface area contributed by atoms with Gasteiger partial charge in [-0.05, 0) is 284 Å². The lowest BCUT2D eigenvalue weighted by Crippen LogP contribution is -2.45. The summed E-state index contributed by atoms with van der Waals surface area (Å²) in [6.07, 6.45) is 32.6. The van der Waals surface area contributed by atoms with Gasteiger partial charge in [0, 0.05) is 87.0 Å². The molecule has 18 heteroatoms. The molecule has 0 unspecified atom stereocenters. The molecule has 120 heavy (non-hydrogen) atoms. The number of aromatic carboxylic acids is 4. The van der Waals surface area contributed by atoms with Crippen molar-refractivity contribution < 1.29 is 88.8 Å². The topological polar surface area (TPSA) is 296 Å². The zero-order chi connectivity index (χ0) is 87.9. The van der Waals surface area contributed by atoms with Gasteiger partial charge in [0.1, 0.15) is 108 Å². The van der Waals surface area contributed by atoms with E-state index in [0.717, 1.165) is 139 Å². The third-order valence-electron chi connectivity index (χ3n) is 27.8. The van der Waals surface area contributed by atoms with Gasteiger partial charge in [-0.1, -0.05) is 124 Å². The fourth-order valence-electron chi connectivity index (χ4n) is 21.6. The molecule has 0 saturated carbocycles. The highest BCUT2D eigenvalue weighted by molar-refractivity contribution is 5.96. The Hall–Kier alpha value is -9.32. The molecule has 0 saturated heterocycles. The predicted molar refractivity (Wildman–Crippen MR) is 472 cm³/mol. The second-order valence-electron chi connectivity index (χ2n) is 38.8. The third kappa shape index (κ3) is 18.7. The van der Waals surface area contributed by atoms with Crippen molar-refractivity contribution in [1.29, 1.82) is 0 Å². The normalized spacial score (nSPS) is 24.4. The van der Waals surface area contributed by atoms with Crippen LogP contribution in [0.5, 0.6) is 57.5 Å². The maximum Gasteiger partial charge on any atom is 0.339 e. The summed E-state index contributed by atoms with van der Waals surface area (Å²) >= 11 is 0. The van der Waals surface area contributed by atoms with Crippen LogP contribution in [0.3, 0.4) is 0 Å². The van der Waals surface area contributed by atoms with E-state index in [4.69, 9.17) is 23.7 Å². The number of carboxylic acids is 4. The Labute approximate surface area is 712 Å². The van der Waals surface area contributed by atoms with Crippen molar-refractivity contribution >= 4 is 23.9 Å². The lowest BCUT2D eigenvalue weighted by atomic mass is 9.67. The van der Waals surface area contributed by atoms with Crippen LogP contribution >= 0.6 is 0 Å². The van der Waals surface area contributed by atoms with Gasteiger partial charge in [-0.2, -0.15) is 0 Å². The molecule has 0 bridgehead atoms. The SMILES string of the molecule is CC1=C[C@H]2c3c(O)cc(C)cc3OC(C)(C)[C@@H]2CC1.CCCCCc1cc(O)c2c(c1C(=O)O)OC(C)(C)[C@@H]1CCC(C)=C[C@@H]21.CCCCCc1cc2c(c(O)c1C(=O)O)[C@@H]1C=C(C)CC[C@H]1C(C)(C)O2.CCCCc1cc2c(c(O)c1C(=O)O)[C@@H]1C=C(C)CC[C@H]1C(C)(C)O2.CCCc1cc2c(c(O)c1C(=O)O)[C@@H]1C=C(C)CC[C@H]1C(C)(C)O2. The molecule has 5 heterocycles. The first-order valence-electron chi connectivity index (χ1n) is 44.5. The fourth-order valence-corrected chi connectivity index (χ4v) is 21.6. The molecule has 652 valence electrons. The number of allylic oxidation sites excluding steroid dienone is 10. The van der Waals surface area contributed by atoms with Crippen LogP contribution in [0.1, 0.15) is 380 Å². The molecule has 0 fully saturated rings. The van der Waals surface area contributed by atoms with Gasteiger partial charge >= 0.3 is 23.9 Å². The molecular formula is C102H136O18. The fraction of sp³-hybridized carbons (Fsp3) is 0.569. The van der Waals surface area contributed by atoms with Crippen LogP contribution in [-0.4, -0.2) is 97.8 Å². The highest BCUT2D eigenvalue weighted by atomic mass is 16.5. The molecule has 5 aliphatic carbocycles. The number of aryl methyl sites for hydroxylation is 5. The molecule has 0 spiro atoms. The minimum atomic E-state index is -1.07. The van der Waals surface area contributed by atoms with E-state index in [2.05, 4.69) is 141 Å². The number of carboxylic acid groups (broad SMARTS) is 4. The lowest BCUT2D eigenvalue weighted by molar-refractivity contribution is 0.00887. The van der Waals surface area contributed by atoms with Crippen molar-refractivity contribution in [3.63, 3.8) is 0 Å². The van der Waals surface area contributed by atoms with Gasteiger partial charge in [0.15, 0.2) is 0 Å². The quantitative estimate of drug-likeness (QED) is 0.0309. The first kappa shape index (κ1) is 91.4. The summed E-state index contributed by atoms with van der Waals surface area (Å²) in [5.74, 6) is 0.915. The molecule has 10 atom stereocenters. The van der Waals surface area contributed by atoms with Gasteiger partial charge in [-0.15, -0.1) is 0 Å². The van der Waals surface area contributed by atoms with E-state index in [1.54, 1.807) is 6.07 Å². The average Bonchev–Trinajstić information content (AvgIpc) is 0.758. The molecular weight excluding hydrogens is 1510 g/mol. The van der Waals surface area contributed by atoms with Gasteiger partial charge < -0.3 is 69.6 Å². The zero-order valence-corrected chi connectivity index (χ0v) is 75.1. The van der Waals surface area contributed by atoms with Crippen molar-refractivity contribution in [2.24, 2.45) is 29.6 Å². The largest absolute Gasteiger partial charge is 0.507 e. The number of phenols is 5. The van der Waals surface area contributed by atoms with E-state index in [1.807, 2.05) is 58.0 Å². The Balaban J connectivity index is 0.000000147. The number of benzene rings is 5. The van der Waals surface area contributed by atoms with Crippen LogP contribution < -0.4 is 23.7 Å². The molecule has 5 aliphatic heterocycles. The Morgan fingerprint density at radius 2 is 0.583 bits per heavy atom. The number of phenolic OH excluding ortho intramolecular Hbond substituents is 2. The van der Waals surface area contributed by atoms with E-state index in [1.165, 1.54) is 27.9 Å². The van der Waals surface area contributed by atoms with E-state index >= 15 is 0 Å². The molecule has 0 aromatic heterocycles. The molecule has 10 aliphatic rings. The second-order valence-corrected chi connectivity index (χ2v) is 38.8. The van der Waals surface area contributed by atoms with Gasteiger partial charge in [-0.3, -0.25) is 0 Å². The summed E-state index contributed by atoms with van der Waals surface area (Å²) in [5, 5.41) is 92.7. The summed E-state index contributed by atoms with van der Waals surface area (Å²) in [6.45, 7) is 41.8. The van der Waals surface area contributed by atoms with E-state index in [9.17, 15) is 65.1 Å². The molecule has 5 aromatic rings. The Morgan fingerprint density at radius 3 is 0.892 bits per heavy atom. The summed E-state index contributed by atoms with van der Waals surface area (Å²) in [6, 6.07) is 11.1. The number of fused-ring (bicyclic) bond motifs is 15.